The van der Waals surface area contributed by atoms with Gasteiger partial charge >= 0.3 is 5.97 Å². The topological polar surface area (TPSA) is 99.7 Å². The monoisotopic (exact) mass is 291 g/mol. The normalized spacial score (nSPS) is 29.0. The number of rotatable bonds is 2. The smallest absolute Gasteiger partial charge is 0.337 e. The van der Waals surface area contributed by atoms with Gasteiger partial charge in [-0.3, -0.25) is 0 Å². The number of aromatic nitrogens is 1. The third-order valence-corrected chi connectivity index (χ3v) is 4.90. The van der Waals surface area contributed by atoms with Gasteiger partial charge in [0.1, 0.15) is 5.82 Å². The number of fused-ring (bicyclic) bond motifs is 1. The lowest BCUT2D eigenvalue weighted by molar-refractivity contribution is -0.0613. The summed E-state index contributed by atoms with van der Waals surface area (Å²) >= 11 is 0. The molecule has 1 aliphatic heterocycles. The van der Waals surface area contributed by atoms with Crippen molar-refractivity contribution in [2.45, 2.75) is 37.7 Å². The van der Waals surface area contributed by atoms with E-state index in [1.54, 1.807) is 0 Å². The van der Waals surface area contributed by atoms with Crippen molar-refractivity contribution in [3.05, 3.63) is 17.8 Å². The van der Waals surface area contributed by atoms with E-state index in [9.17, 15) is 9.90 Å². The van der Waals surface area contributed by atoms with Gasteiger partial charge in [0.05, 0.1) is 23.0 Å². The van der Waals surface area contributed by atoms with Crippen LogP contribution in [0.5, 0.6) is 0 Å². The van der Waals surface area contributed by atoms with Gasteiger partial charge in [0.15, 0.2) is 0 Å². The molecular weight excluding hydrogens is 270 g/mol. The highest BCUT2D eigenvalue weighted by Crippen LogP contribution is 2.40. The number of anilines is 2. The Balaban J connectivity index is 1.82. The molecule has 21 heavy (non-hydrogen) atoms. The summed E-state index contributed by atoms with van der Waals surface area (Å²) in [6, 6.07) is 1.53. The predicted molar refractivity (Wildman–Crippen MR) is 79.3 cm³/mol. The SMILES string of the molecule is Nc1cnc(N2CCC3(O)CCCCC3C2)cc1C(=O)O. The van der Waals surface area contributed by atoms with Crippen molar-refractivity contribution in [2.24, 2.45) is 5.92 Å². The van der Waals surface area contributed by atoms with E-state index in [1.807, 2.05) is 0 Å². The molecule has 1 saturated heterocycles. The van der Waals surface area contributed by atoms with Crippen molar-refractivity contribution in [1.82, 2.24) is 4.98 Å². The Hall–Kier alpha value is -1.82. The molecule has 1 saturated carbocycles. The molecule has 6 heteroatoms. The Morgan fingerprint density at radius 2 is 2.24 bits per heavy atom. The Morgan fingerprint density at radius 3 is 3.00 bits per heavy atom. The fraction of sp³-hybridized carbons (Fsp3) is 0.600. The van der Waals surface area contributed by atoms with E-state index >= 15 is 0 Å². The quantitative estimate of drug-likeness (QED) is 0.763. The lowest BCUT2D eigenvalue weighted by Gasteiger charge is -2.47. The summed E-state index contributed by atoms with van der Waals surface area (Å²) in [5.74, 6) is -0.163. The van der Waals surface area contributed by atoms with E-state index in [-0.39, 0.29) is 17.2 Å². The van der Waals surface area contributed by atoms with Gasteiger partial charge in [-0.2, -0.15) is 0 Å². The molecule has 2 unspecified atom stereocenters. The van der Waals surface area contributed by atoms with E-state index in [4.69, 9.17) is 10.8 Å². The van der Waals surface area contributed by atoms with Gasteiger partial charge in [0.25, 0.3) is 0 Å². The first kappa shape index (κ1) is 14.1. The number of carbonyl (C=O) groups is 1. The Labute approximate surface area is 123 Å². The molecule has 1 aromatic rings. The van der Waals surface area contributed by atoms with Crippen LogP contribution in [0.15, 0.2) is 12.3 Å². The van der Waals surface area contributed by atoms with Crippen molar-refractivity contribution < 1.29 is 15.0 Å². The van der Waals surface area contributed by atoms with Crippen molar-refractivity contribution in [3.8, 4) is 0 Å². The van der Waals surface area contributed by atoms with E-state index < -0.39 is 11.6 Å². The van der Waals surface area contributed by atoms with Crippen LogP contribution in [0.2, 0.25) is 0 Å². The molecular formula is C15H21N3O3. The molecule has 2 atom stereocenters. The molecule has 6 nitrogen and oxygen atoms in total. The number of carboxylic acid groups (broad SMARTS) is 1. The van der Waals surface area contributed by atoms with E-state index in [1.165, 1.54) is 12.3 Å². The van der Waals surface area contributed by atoms with Crippen LogP contribution in [-0.4, -0.2) is 39.9 Å². The Bertz CT molecular complexity index is 563. The molecule has 1 aliphatic carbocycles. The van der Waals surface area contributed by atoms with Crippen LogP contribution in [-0.2, 0) is 0 Å². The molecule has 2 fully saturated rings. The van der Waals surface area contributed by atoms with Crippen LogP contribution in [0.25, 0.3) is 0 Å². The predicted octanol–water partition coefficient (Wildman–Crippen LogP) is 1.49. The van der Waals surface area contributed by atoms with E-state index in [0.29, 0.717) is 18.8 Å². The van der Waals surface area contributed by atoms with Crippen LogP contribution in [0, 0.1) is 5.92 Å². The summed E-state index contributed by atoms with van der Waals surface area (Å²) in [6.07, 6.45) is 6.26. The average molecular weight is 291 g/mol. The molecule has 4 N–H and O–H groups in total. The zero-order chi connectivity index (χ0) is 15.0. The molecule has 2 aliphatic rings. The van der Waals surface area contributed by atoms with Crippen molar-refractivity contribution in [1.29, 1.82) is 0 Å². The maximum Gasteiger partial charge on any atom is 0.337 e. The number of hydrogen-bond acceptors (Lipinski definition) is 5. The second-order valence-electron chi connectivity index (χ2n) is 6.18. The largest absolute Gasteiger partial charge is 0.478 e. The van der Waals surface area contributed by atoms with Crippen LogP contribution in [0.1, 0.15) is 42.5 Å². The summed E-state index contributed by atoms with van der Waals surface area (Å²) in [5, 5.41) is 19.8. The molecule has 114 valence electrons. The number of pyridine rings is 1. The number of nitrogens with two attached hydrogens (primary N) is 1. The minimum Gasteiger partial charge on any atom is -0.478 e. The molecule has 0 amide bonds. The van der Waals surface area contributed by atoms with Gasteiger partial charge in [0, 0.05) is 19.0 Å². The number of hydrogen-bond donors (Lipinski definition) is 3. The van der Waals surface area contributed by atoms with Crippen LogP contribution < -0.4 is 10.6 Å². The summed E-state index contributed by atoms with van der Waals surface area (Å²) in [5.41, 5.74) is 5.37. The minimum atomic E-state index is -1.04. The van der Waals surface area contributed by atoms with Gasteiger partial charge in [-0.25, -0.2) is 9.78 Å². The van der Waals surface area contributed by atoms with Crippen molar-refractivity contribution in [3.63, 3.8) is 0 Å². The summed E-state index contributed by atoms with van der Waals surface area (Å²) in [7, 11) is 0. The fourth-order valence-corrected chi connectivity index (χ4v) is 3.59. The number of carboxylic acids is 1. The second kappa shape index (κ2) is 5.18. The standard InChI is InChI=1S/C15H21N3O3/c16-12-8-17-13(7-11(12)14(19)20)18-6-5-15(21)4-2-1-3-10(15)9-18/h7-8,10,21H,1-6,9,16H2,(H,19,20). The summed E-state index contributed by atoms with van der Waals surface area (Å²) < 4.78 is 0. The number of piperidine rings is 1. The van der Waals surface area contributed by atoms with Gasteiger partial charge in [-0.15, -0.1) is 0 Å². The summed E-state index contributed by atoms with van der Waals surface area (Å²) in [4.78, 5) is 17.5. The van der Waals surface area contributed by atoms with Gasteiger partial charge in [0.2, 0.25) is 0 Å². The molecule has 0 spiro atoms. The van der Waals surface area contributed by atoms with Gasteiger partial charge in [-0.1, -0.05) is 12.8 Å². The summed E-state index contributed by atoms with van der Waals surface area (Å²) in [6.45, 7) is 1.43. The first-order chi connectivity index (χ1) is 9.99. The number of nitrogen functional groups attached to an aromatic ring is 1. The molecule has 1 aromatic heterocycles. The molecule has 2 heterocycles. The van der Waals surface area contributed by atoms with Crippen molar-refractivity contribution in [2.75, 3.05) is 23.7 Å². The third kappa shape index (κ3) is 2.55. The van der Waals surface area contributed by atoms with Crippen LogP contribution in [0.3, 0.4) is 0 Å². The highest BCUT2D eigenvalue weighted by molar-refractivity contribution is 5.94. The third-order valence-electron chi connectivity index (χ3n) is 4.90. The molecule has 0 bridgehead atoms. The maximum atomic E-state index is 11.2. The van der Waals surface area contributed by atoms with Crippen LogP contribution in [0.4, 0.5) is 11.5 Å². The van der Waals surface area contributed by atoms with E-state index in [0.717, 1.165) is 32.2 Å². The highest BCUT2D eigenvalue weighted by atomic mass is 16.4. The highest BCUT2D eigenvalue weighted by Gasteiger charge is 2.43. The lowest BCUT2D eigenvalue weighted by Crippen LogP contribution is -2.53. The first-order valence-electron chi connectivity index (χ1n) is 7.46. The first-order valence-corrected chi connectivity index (χ1v) is 7.46. The average Bonchev–Trinajstić information content (AvgIpc) is 2.46. The fourth-order valence-electron chi connectivity index (χ4n) is 3.59. The molecule has 0 aromatic carbocycles. The second-order valence-corrected chi connectivity index (χ2v) is 6.18. The molecule has 3 rings (SSSR count). The van der Waals surface area contributed by atoms with E-state index in [2.05, 4.69) is 9.88 Å². The maximum absolute atomic E-state index is 11.2. The van der Waals surface area contributed by atoms with Crippen molar-refractivity contribution >= 4 is 17.5 Å². The van der Waals surface area contributed by atoms with Gasteiger partial charge in [-0.05, 0) is 25.3 Å². The number of aliphatic hydroxyl groups is 1. The minimum absolute atomic E-state index is 0.0875. The molecule has 0 radical (unpaired) electrons. The van der Waals surface area contributed by atoms with Gasteiger partial charge < -0.3 is 20.8 Å². The number of nitrogens with zero attached hydrogens (tertiary/aromatic N) is 2. The Kier molecular flexibility index (Phi) is 3.49. The zero-order valence-corrected chi connectivity index (χ0v) is 12.0. The van der Waals surface area contributed by atoms with Crippen LogP contribution >= 0.6 is 0 Å². The number of aromatic carboxylic acids is 1. The lowest BCUT2D eigenvalue weighted by atomic mass is 9.71. The zero-order valence-electron chi connectivity index (χ0n) is 12.0. The Morgan fingerprint density at radius 1 is 1.43 bits per heavy atom.